The molecule has 1 aromatic rings. The molecule has 1 aliphatic rings. The van der Waals surface area contributed by atoms with Crippen LogP contribution in [-0.2, 0) is 17.8 Å². The topological polar surface area (TPSA) is 44.3 Å². The largest absolute Gasteiger partial charge is 0.598 e. The number of hydrogen-bond acceptors (Lipinski definition) is 3. The zero-order valence-electron chi connectivity index (χ0n) is 11.4. The lowest BCUT2D eigenvalue weighted by Gasteiger charge is -2.26. The van der Waals surface area contributed by atoms with Crippen molar-refractivity contribution in [3.8, 4) is 5.75 Å². The number of hydrogen-bond donors (Lipinski definition) is 1. The average molecular weight is 267 g/mol. The minimum absolute atomic E-state index is 0.0796. The Morgan fingerprint density at radius 2 is 2.11 bits per heavy atom. The third-order valence-corrected chi connectivity index (χ3v) is 4.73. The molecule has 1 unspecified atom stereocenters. The Kier molecular flexibility index (Phi) is 3.90. The first-order valence-corrected chi connectivity index (χ1v) is 7.46. The van der Waals surface area contributed by atoms with E-state index < -0.39 is 11.4 Å². The summed E-state index contributed by atoms with van der Waals surface area (Å²) in [6, 6.07) is 6.29. The molecule has 3 nitrogen and oxygen atoms in total. The third kappa shape index (κ3) is 2.99. The van der Waals surface area contributed by atoms with Crippen molar-refractivity contribution in [2.24, 2.45) is 0 Å². The monoisotopic (exact) mass is 267 g/mol. The second kappa shape index (κ2) is 5.11. The molecule has 2 atom stereocenters. The number of fused-ring (bicyclic) bond motifs is 1. The van der Waals surface area contributed by atoms with Crippen molar-refractivity contribution in [2.75, 3.05) is 6.61 Å². The van der Waals surface area contributed by atoms with Gasteiger partial charge in [0.1, 0.15) is 10.5 Å². The molecule has 0 saturated heterocycles. The molecule has 1 aliphatic heterocycles. The maximum Gasteiger partial charge on any atom is 0.136 e. The van der Waals surface area contributed by atoms with Gasteiger partial charge in [-0.25, -0.2) is 0 Å². The van der Waals surface area contributed by atoms with Gasteiger partial charge >= 0.3 is 0 Å². The van der Waals surface area contributed by atoms with Crippen molar-refractivity contribution in [2.45, 2.75) is 44.9 Å². The van der Waals surface area contributed by atoms with E-state index >= 15 is 0 Å². The molecule has 0 saturated carbocycles. The predicted octanol–water partition coefficient (Wildman–Crippen LogP) is 2.73. The first-order chi connectivity index (χ1) is 8.38. The van der Waals surface area contributed by atoms with Crippen molar-refractivity contribution in [1.82, 2.24) is 4.72 Å². The van der Waals surface area contributed by atoms with Gasteiger partial charge in [0.25, 0.3) is 0 Å². The number of nitrogens with one attached hydrogen (secondary N) is 1. The molecule has 2 rings (SSSR count). The van der Waals surface area contributed by atoms with Crippen LogP contribution in [0, 0.1) is 0 Å². The zero-order valence-corrected chi connectivity index (χ0v) is 12.3. The highest BCUT2D eigenvalue weighted by molar-refractivity contribution is 7.90. The van der Waals surface area contributed by atoms with Gasteiger partial charge in [0, 0.05) is 17.8 Å². The van der Waals surface area contributed by atoms with Crippen LogP contribution < -0.4 is 9.46 Å². The molecule has 0 amide bonds. The van der Waals surface area contributed by atoms with E-state index in [0.717, 1.165) is 24.3 Å². The molecule has 0 spiro atoms. The van der Waals surface area contributed by atoms with Crippen LogP contribution in [0.3, 0.4) is 0 Å². The van der Waals surface area contributed by atoms with Gasteiger partial charge in [0.2, 0.25) is 0 Å². The van der Waals surface area contributed by atoms with E-state index in [1.165, 1.54) is 5.56 Å². The van der Waals surface area contributed by atoms with Crippen LogP contribution in [0.5, 0.6) is 5.75 Å². The second-order valence-electron chi connectivity index (χ2n) is 5.69. The van der Waals surface area contributed by atoms with Gasteiger partial charge in [0.15, 0.2) is 0 Å². The molecule has 4 heteroatoms. The summed E-state index contributed by atoms with van der Waals surface area (Å²) in [5, 5.41) is 0. The highest BCUT2D eigenvalue weighted by atomic mass is 32.2. The molecule has 100 valence electrons. The van der Waals surface area contributed by atoms with Gasteiger partial charge in [-0.05, 0) is 44.9 Å². The van der Waals surface area contributed by atoms with Gasteiger partial charge in [0.05, 0.1) is 12.6 Å². The van der Waals surface area contributed by atoms with E-state index in [-0.39, 0.29) is 10.8 Å². The lowest BCUT2D eigenvalue weighted by atomic mass is 10.0. The number of rotatable bonds is 3. The summed E-state index contributed by atoms with van der Waals surface area (Å²) < 4.78 is 20.5. The van der Waals surface area contributed by atoms with E-state index in [4.69, 9.17) is 4.74 Å². The number of ether oxygens (including phenoxy) is 1. The van der Waals surface area contributed by atoms with Gasteiger partial charge in [-0.2, -0.15) is 0 Å². The molecule has 1 heterocycles. The van der Waals surface area contributed by atoms with Gasteiger partial charge < -0.3 is 9.29 Å². The van der Waals surface area contributed by atoms with Crippen LogP contribution in [-0.4, -0.2) is 15.9 Å². The summed E-state index contributed by atoms with van der Waals surface area (Å²) in [7, 11) is 0. The maximum atomic E-state index is 12.1. The molecule has 0 bridgehead atoms. The van der Waals surface area contributed by atoms with E-state index in [1.807, 2.05) is 39.8 Å². The summed E-state index contributed by atoms with van der Waals surface area (Å²) in [6.45, 7) is 8.73. The van der Waals surface area contributed by atoms with Crippen molar-refractivity contribution < 1.29 is 9.29 Å². The van der Waals surface area contributed by atoms with Crippen LogP contribution in [0.2, 0.25) is 0 Å². The van der Waals surface area contributed by atoms with Crippen LogP contribution >= 0.6 is 0 Å². The predicted molar refractivity (Wildman–Crippen MR) is 75.1 cm³/mol. The van der Waals surface area contributed by atoms with Gasteiger partial charge in [-0.3, -0.25) is 0 Å². The molecule has 1 aromatic carbocycles. The van der Waals surface area contributed by atoms with Crippen LogP contribution in [0.15, 0.2) is 18.2 Å². The molecular weight excluding hydrogens is 246 g/mol. The molecular formula is C14H21NO2S. The number of benzene rings is 1. The summed E-state index contributed by atoms with van der Waals surface area (Å²) in [5.74, 6) is 0.989. The Balaban J connectivity index is 2.07. The van der Waals surface area contributed by atoms with E-state index in [9.17, 15) is 4.55 Å². The van der Waals surface area contributed by atoms with Gasteiger partial charge in [-0.1, -0.05) is 12.1 Å². The summed E-state index contributed by atoms with van der Waals surface area (Å²) in [6.07, 6.45) is 0.970. The van der Waals surface area contributed by atoms with Crippen molar-refractivity contribution in [1.29, 1.82) is 0 Å². The maximum absolute atomic E-state index is 12.1. The second-order valence-corrected chi connectivity index (χ2v) is 7.68. The van der Waals surface area contributed by atoms with Crippen molar-refractivity contribution in [3.63, 3.8) is 0 Å². The fourth-order valence-corrected chi connectivity index (χ4v) is 2.69. The first-order valence-electron chi connectivity index (χ1n) is 6.31. The zero-order chi connectivity index (χ0) is 13.3. The van der Waals surface area contributed by atoms with Crippen LogP contribution in [0.25, 0.3) is 0 Å². The molecule has 1 N–H and O–H groups in total. The highest BCUT2D eigenvalue weighted by Gasteiger charge is 2.28. The Morgan fingerprint density at radius 3 is 2.78 bits per heavy atom. The molecule has 18 heavy (non-hydrogen) atoms. The smallest absolute Gasteiger partial charge is 0.136 e. The minimum Gasteiger partial charge on any atom is -0.598 e. The molecule has 0 aliphatic carbocycles. The van der Waals surface area contributed by atoms with E-state index in [0.29, 0.717) is 0 Å². The Hall–Kier alpha value is -0.710. The third-order valence-electron chi connectivity index (χ3n) is 3.05. The summed E-state index contributed by atoms with van der Waals surface area (Å²) in [5.41, 5.74) is 2.42. The molecule has 0 aromatic heterocycles. The fourth-order valence-electron chi connectivity index (χ4n) is 1.88. The SMILES string of the molecule is C[C@@H](N[S+]([O-])C(C)(C)C)c1ccc2c(c1)CCO2. The Morgan fingerprint density at radius 1 is 1.39 bits per heavy atom. The average Bonchev–Trinajstić information content (AvgIpc) is 2.74. The fraction of sp³-hybridized carbons (Fsp3) is 0.571. The Bertz CT molecular complexity index is 428. The summed E-state index contributed by atoms with van der Waals surface area (Å²) in [4.78, 5) is 0. The molecule has 0 fully saturated rings. The lowest BCUT2D eigenvalue weighted by molar-refractivity contribution is 0.357. The standard InChI is InChI=1S/C14H21NO2S/c1-10(15-18(16)14(2,3)4)11-5-6-13-12(9-11)7-8-17-13/h5-6,9-10,15H,7-8H2,1-4H3/t10-,18?/m1/s1. The van der Waals surface area contributed by atoms with Crippen molar-refractivity contribution in [3.05, 3.63) is 29.3 Å². The van der Waals surface area contributed by atoms with Crippen LogP contribution in [0.4, 0.5) is 0 Å². The van der Waals surface area contributed by atoms with E-state index in [2.05, 4.69) is 10.8 Å². The normalized spacial score (nSPS) is 18.1. The molecule has 0 radical (unpaired) electrons. The van der Waals surface area contributed by atoms with Gasteiger partial charge in [-0.15, -0.1) is 4.72 Å². The van der Waals surface area contributed by atoms with Crippen molar-refractivity contribution >= 4 is 11.4 Å². The Labute approximate surface area is 112 Å². The highest BCUT2D eigenvalue weighted by Crippen LogP contribution is 2.28. The minimum atomic E-state index is -1.05. The summed E-state index contributed by atoms with van der Waals surface area (Å²) >= 11 is -1.05. The first kappa shape index (κ1) is 13.7. The van der Waals surface area contributed by atoms with Crippen LogP contribution in [0.1, 0.15) is 44.9 Å². The van der Waals surface area contributed by atoms with E-state index in [1.54, 1.807) is 0 Å². The lowest BCUT2D eigenvalue weighted by Crippen LogP contribution is -2.40. The quantitative estimate of drug-likeness (QED) is 0.856.